The molecule has 2 nitrogen and oxygen atoms in total. The Morgan fingerprint density at radius 3 is 2.72 bits per heavy atom. The summed E-state index contributed by atoms with van der Waals surface area (Å²) >= 11 is 1.82. The lowest BCUT2D eigenvalue weighted by atomic mass is 9.97. The Labute approximate surface area is 114 Å². The molecule has 1 aromatic carbocycles. The van der Waals surface area contributed by atoms with E-state index in [9.17, 15) is 0 Å². The van der Waals surface area contributed by atoms with Crippen LogP contribution in [0.5, 0.6) is 0 Å². The van der Waals surface area contributed by atoms with E-state index >= 15 is 0 Å². The lowest BCUT2D eigenvalue weighted by Gasteiger charge is -2.27. The van der Waals surface area contributed by atoms with Gasteiger partial charge in [0.05, 0.1) is 0 Å². The summed E-state index contributed by atoms with van der Waals surface area (Å²) in [6, 6.07) is 8.60. The fraction of sp³-hybridized carbons (Fsp3) is 0.533. The average Bonchev–Trinajstić information content (AvgIpc) is 2.32. The van der Waals surface area contributed by atoms with Crippen LogP contribution in [-0.2, 0) is 0 Å². The number of hydrogen-bond donors (Lipinski definition) is 1. The van der Waals surface area contributed by atoms with Crippen molar-refractivity contribution in [1.82, 2.24) is 0 Å². The molecule has 0 aliphatic carbocycles. The van der Waals surface area contributed by atoms with Crippen LogP contribution in [-0.4, -0.2) is 17.5 Å². The molecule has 1 N–H and O–H groups in total. The van der Waals surface area contributed by atoms with E-state index < -0.39 is 0 Å². The van der Waals surface area contributed by atoms with E-state index in [-0.39, 0.29) is 0 Å². The monoisotopic (exact) mass is 262 g/mol. The number of aliphatic imine (C=N–C) groups is 1. The number of benzene rings is 1. The second-order valence-electron chi connectivity index (χ2n) is 5.98. The molecule has 0 amide bonds. The SMILES string of the molecule is CC(C)c1cccc(NC2=NCC(C)(C)CS2)c1. The molecule has 0 fully saturated rings. The van der Waals surface area contributed by atoms with Gasteiger partial charge in [-0.2, -0.15) is 0 Å². The van der Waals surface area contributed by atoms with E-state index in [1.165, 1.54) is 5.56 Å². The first-order valence-electron chi connectivity index (χ1n) is 6.50. The van der Waals surface area contributed by atoms with E-state index in [1.807, 2.05) is 11.8 Å². The van der Waals surface area contributed by atoms with Gasteiger partial charge < -0.3 is 5.32 Å². The minimum absolute atomic E-state index is 0.329. The van der Waals surface area contributed by atoms with Crippen LogP contribution in [0.3, 0.4) is 0 Å². The lowest BCUT2D eigenvalue weighted by molar-refractivity contribution is 0.438. The number of nitrogens with one attached hydrogen (secondary N) is 1. The minimum Gasteiger partial charge on any atom is -0.335 e. The molecule has 1 aromatic rings. The lowest BCUT2D eigenvalue weighted by Crippen LogP contribution is -2.27. The van der Waals surface area contributed by atoms with Gasteiger partial charge in [0.1, 0.15) is 0 Å². The Balaban J connectivity index is 2.06. The molecule has 98 valence electrons. The van der Waals surface area contributed by atoms with Crippen LogP contribution < -0.4 is 5.32 Å². The van der Waals surface area contributed by atoms with Crippen LogP contribution in [0, 0.1) is 5.41 Å². The molecule has 1 aliphatic rings. The quantitative estimate of drug-likeness (QED) is 0.857. The highest BCUT2D eigenvalue weighted by Gasteiger charge is 2.23. The van der Waals surface area contributed by atoms with Crippen molar-refractivity contribution in [3.05, 3.63) is 29.8 Å². The Morgan fingerprint density at radius 1 is 1.33 bits per heavy atom. The summed E-state index contributed by atoms with van der Waals surface area (Å²) < 4.78 is 0. The van der Waals surface area contributed by atoms with Crippen LogP contribution in [0.4, 0.5) is 5.69 Å². The van der Waals surface area contributed by atoms with E-state index in [4.69, 9.17) is 0 Å². The molecule has 1 aliphatic heterocycles. The molecule has 0 atom stereocenters. The van der Waals surface area contributed by atoms with Crippen molar-refractivity contribution in [3.8, 4) is 0 Å². The molecule has 0 aromatic heterocycles. The maximum atomic E-state index is 4.62. The van der Waals surface area contributed by atoms with Gasteiger partial charge in [0.15, 0.2) is 5.17 Å². The predicted molar refractivity (Wildman–Crippen MR) is 82.7 cm³/mol. The van der Waals surface area contributed by atoms with Crippen LogP contribution in [0.1, 0.15) is 39.2 Å². The van der Waals surface area contributed by atoms with Crippen molar-refractivity contribution in [3.63, 3.8) is 0 Å². The van der Waals surface area contributed by atoms with Gasteiger partial charge in [0.2, 0.25) is 0 Å². The van der Waals surface area contributed by atoms with Gasteiger partial charge in [0.25, 0.3) is 0 Å². The first-order valence-corrected chi connectivity index (χ1v) is 7.49. The van der Waals surface area contributed by atoms with Crippen molar-refractivity contribution >= 4 is 22.6 Å². The van der Waals surface area contributed by atoms with Crippen molar-refractivity contribution < 1.29 is 0 Å². The van der Waals surface area contributed by atoms with Crippen LogP contribution in [0.25, 0.3) is 0 Å². The van der Waals surface area contributed by atoms with Crippen molar-refractivity contribution in [2.24, 2.45) is 10.4 Å². The smallest absolute Gasteiger partial charge is 0.161 e. The Kier molecular flexibility index (Phi) is 4.00. The summed E-state index contributed by atoms with van der Waals surface area (Å²) in [6.07, 6.45) is 0. The Hall–Kier alpha value is -0.960. The molecule has 0 radical (unpaired) electrons. The van der Waals surface area contributed by atoms with E-state index in [0.717, 1.165) is 23.2 Å². The summed E-state index contributed by atoms with van der Waals surface area (Å²) in [7, 11) is 0. The molecule has 0 spiro atoms. The third-order valence-corrected chi connectivity index (χ3v) is 4.49. The summed E-state index contributed by atoms with van der Waals surface area (Å²) in [5.74, 6) is 1.69. The van der Waals surface area contributed by atoms with E-state index in [2.05, 4.69) is 62.3 Å². The second-order valence-corrected chi connectivity index (χ2v) is 6.94. The molecule has 0 bridgehead atoms. The van der Waals surface area contributed by atoms with Gasteiger partial charge in [-0.3, -0.25) is 4.99 Å². The highest BCUT2D eigenvalue weighted by molar-refractivity contribution is 8.14. The minimum atomic E-state index is 0.329. The molecular weight excluding hydrogens is 240 g/mol. The van der Waals surface area contributed by atoms with Crippen molar-refractivity contribution in [2.75, 3.05) is 17.6 Å². The number of anilines is 1. The number of rotatable bonds is 2. The highest BCUT2D eigenvalue weighted by Crippen LogP contribution is 2.28. The summed E-state index contributed by atoms with van der Waals surface area (Å²) in [5, 5.41) is 4.48. The van der Waals surface area contributed by atoms with Crippen LogP contribution in [0.15, 0.2) is 29.3 Å². The first-order chi connectivity index (χ1) is 8.46. The molecular formula is C15H22N2S. The van der Waals surface area contributed by atoms with Crippen molar-refractivity contribution in [2.45, 2.75) is 33.6 Å². The van der Waals surface area contributed by atoms with Gasteiger partial charge in [-0.1, -0.05) is 51.6 Å². The zero-order valence-electron chi connectivity index (χ0n) is 11.7. The number of nitrogens with zero attached hydrogens (tertiary/aromatic N) is 1. The van der Waals surface area contributed by atoms with Gasteiger partial charge in [-0.15, -0.1) is 0 Å². The van der Waals surface area contributed by atoms with Crippen LogP contribution in [0.2, 0.25) is 0 Å². The van der Waals surface area contributed by atoms with Crippen molar-refractivity contribution in [1.29, 1.82) is 0 Å². The molecule has 3 heteroatoms. The first kappa shape index (κ1) is 13.5. The zero-order chi connectivity index (χ0) is 13.2. The standard InChI is InChI=1S/C15H22N2S/c1-11(2)12-6-5-7-13(8-12)17-14-16-9-15(3,4)10-18-14/h5-8,11H,9-10H2,1-4H3,(H,16,17). The third kappa shape index (κ3) is 3.52. The fourth-order valence-electron chi connectivity index (χ4n) is 1.82. The number of amidine groups is 1. The summed E-state index contributed by atoms with van der Waals surface area (Å²) in [5.41, 5.74) is 2.84. The fourth-order valence-corrected chi connectivity index (χ4v) is 2.78. The topological polar surface area (TPSA) is 24.4 Å². The van der Waals surface area contributed by atoms with E-state index in [0.29, 0.717) is 11.3 Å². The largest absolute Gasteiger partial charge is 0.335 e. The number of thioether (sulfide) groups is 1. The Morgan fingerprint density at radius 2 is 2.11 bits per heavy atom. The van der Waals surface area contributed by atoms with E-state index in [1.54, 1.807) is 0 Å². The number of hydrogen-bond acceptors (Lipinski definition) is 3. The molecule has 18 heavy (non-hydrogen) atoms. The third-order valence-electron chi connectivity index (χ3n) is 3.05. The molecule has 0 saturated carbocycles. The summed E-state index contributed by atoms with van der Waals surface area (Å²) in [4.78, 5) is 4.62. The highest BCUT2D eigenvalue weighted by atomic mass is 32.2. The van der Waals surface area contributed by atoms with Gasteiger partial charge in [-0.25, -0.2) is 0 Å². The van der Waals surface area contributed by atoms with Gasteiger partial charge >= 0.3 is 0 Å². The van der Waals surface area contributed by atoms with Crippen LogP contribution >= 0.6 is 11.8 Å². The molecule has 2 rings (SSSR count). The maximum absolute atomic E-state index is 4.62. The predicted octanol–water partition coefficient (Wildman–Crippen LogP) is 4.35. The zero-order valence-corrected chi connectivity index (χ0v) is 12.5. The molecule has 0 unspecified atom stereocenters. The average molecular weight is 262 g/mol. The normalized spacial score (nSPS) is 18.6. The Bertz CT molecular complexity index is 450. The second kappa shape index (κ2) is 5.35. The summed E-state index contributed by atoms with van der Waals surface area (Å²) in [6.45, 7) is 9.87. The molecule has 0 saturated heterocycles. The van der Waals surface area contributed by atoms with Gasteiger partial charge in [0, 0.05) is 18.0 Å². The molecule has 1 heterocycles. The van der Waals surface area contributed by atoms with Gasteiger partial charge in [-0.05, 0) is 29.0 Å². The maximum Gasteiger partial charge on any atom is 0.161 e.